The third-order valence-corrected chi connectivity index (χ3v) is 4.10. The fourth-order valence-electron chi connectivity index (χ4n) is 2.35. The van der Waals surface area contributed by atoms with E-state index in [-0.39, 0.29) is 11.6 Å². The Morgan fingerprint density at radius 1 is 1.12 bits per heavy atom. The second-order valence-corrected chi connectivity index (χ2v) is 6.91. The van der Waals surface area contributed by atoms with E-state index in [1.807, 2.05) is 13.1 Å². The first-order valence-corrected chi connectivity index (χ1v) is 10.2. The Balaban J connectivity index is 2.98. The zero-order chi connectivity index (χ0) is 23.8. The molecule has 0 saturated heterocycles. The van der Waals surface area contributed by atoms with Crippen LogP contribution in [0, 0.1) is 5.92 Å². The molecule has 0 atom stereocenters. The Bertz CT molecular complexity index is 937. The molecule has 1 saturated carbocycles. The average Bonchev–Trinajstić information content (AvgIpc) is 3.58. The molecule has 1 rings (SSSR count). The molecule has 0 spiro atoms. The van der Waals surface area contributed by atoms with Crippen LogP contribution in [0.25, 0.3) is 0 Å². The smallest absolute Gasteiger partial charge is 0.273 e. The maximum absolute atomic E-state index is 12.8. The molecule has 7 heteroatoms. The molecule has 0 radical (unpaired) electrons. The zero-order valence-corrected chi connectivity index (χ0v) is 19.1. The topological polar surface area (TPSA) is 90.6 Å². The number of carbonyl (C=O) groups excluding carboxylic acids is 1. The van der Waals surface area contributed by atoms with E-state index in [4.69, 9.17) is 0 Å². The molecule has 1 fully saturated rings. The van der Waals surface area contributed by atoms with Crippen molar-refractivity contribution < 1.29 is 4.79 Å². The van der Waals surface area contributed by atoms with Crippen molar-refractivity contribution >= 4 is 30.4 Å². The van der Waals surface area contributed by atoms with E-state index < -0.39 is 0 Å². The van der Waals surface area contributed by atoms with Crippen LogP contribution in [-0.2, 0) is 4.79 Å². The molecule has 0 heterocycles. The predicted molar refractivity (Wildman–Crippen MR) is 137 cm³/mol. The maximum atomic E-state index is 12.8. The number of hydrogen-bond donors (Lipinski definition) is 2. The fraction of sp³-hybridized carbons (Fsp3) is 0.240. The van der Waals surface area contributed by atoms with Crippen molar-refractivity contribution in [2.45, 2.75) is 26.7 Å². The number of allylic oxidation sites excluding steroid dienone is 8. The second-order valence-electron chi connectivity index (χ2n) is 6.91. The van der Waals surface area contributed by atoms with E-state index in [1.54, 1.807) is 56.8 Å². The first-order valence-electron chi connectivity index (χ1n) is 10.2. The highest BCUT2D eigenvalue weighted by Gasteiger charge is 2.17. The van der Waals surface area contributed by atoms with Crippen molar-refractivity contribution in [3.8, 4) is 0 Å². The molecule has 1 aliphatic rings. The van der Waals surface area contributed by atoms with E-state index in [0.29, 0.717) is 11.6 Å². The molecule has 0 aromatic carbocycles. The van der Waals surface area contributed by atoms with E-state index >= 15 is 0 Å². The van der Waals surface area contributed by atoms with Gasteiger partial charge in [0.25, 0.3) is 5.91 Å². The van der Waals surface area contributed by atoms with Gasteiger partial charge in [0.15, 0.2) is 0 Å². The maximum Gasteiger partial charge on any atom is 0.273 e. The molecule has 0 unspecified atom stereocenters. The van der Waals surface area contributed by atoms with Crippen molar-refractivity contribution in [3.05, 3.63) is 84.9 Å². The Hall–Kier alpha value is -3.87. The van der Waals surface area contributed by atoms with Crippen molar-refractivity contribution in [1.82, 2.24) is 10.7 Å². The Kier molecular flexibility index (Phi) is 12.3. The van der Waals surface area contributed by atoms with Gasteiger partial charge in [-0.1, -0.05) is 38.0 Å². The van der Waals surface area contributed by atoms with Crippen molar-refractivity contribution in [2.24, 2.45) is 26.0 Å². The Labute approximate surface area is 190 Å². The molecule has 0 bridgehead atoms. The summed E-state index contributed by atoms with van der Waals surface area (Å²) in [6.07, 6.45) is 19.0. The van der Waals surface area contributed by atoms with Crippen LogP contribution in [0.3, 0.4) is 0 Å². The molecule has 1 aliphatic carbocycles. The quantitative estimate of drug-likeness (QED) is 0.195. The van der Waals surface area contributed by atoms with Gasteiger partial charge in [0.2, 0.25) is 0 Å². The normalized spacial score (nSPS) is 16.7. The lowest BCUT2D eigenvalue weighted by Gasteiger charge is -2.07. The van der Waals surface area contributed by atoms with Crippen LogP contribution in [0.2, 0.25) is 0 Å². The van der Waals surface area contributed by atoms with Gasteiger partial charge in [0.1, 0.15) is 12.1 Å². The van der Waals surface area contributed by atoms with Gasteiger partial charge in [-0.25, -0.2) is 0 Å². The molecular weight excluding hydrogens is 400 g/mol. The molecule has 2 N–H and O–H groups in total. The number of amides is 1. The molecule has 0 aromatic heterocycles. The van der Waals surface area contributed by atoms with Gasteiger partial charge >= 0.3 is 0 Å². The Morgan fingerprint density at radius 3 is 2.47 bits per heavy atom. The molecule has 0 aromatic rings. The number of nitrogens with zero attached hydrogens (tertiary/aromatic N) is 4. The van der Waals surface area contributed by atoms with Gasteiger partial charge < -0.3 is 5.32 Å². The predicted octanol–water partition coefficient (Wildman–Crippen LogP) is 4.43. The van der Waals surface area contributed by atoms with E-state index in [1.165, 1.54) is 25.4 Å². The SMILES string of the molecule is C=C/C=C(/C=N/NC=NC)\C=C(/C)NC(=O)C(/C=C(C)/C(C=C)=C/N=CC1CC1)=NC=C. The minimum Gasteiger partial charge on any atom is -0.325 e. The number of hydrogen-bond acceptors (Lipinski definition) is 5. The zero-order valence-electron chi connectivity index (χ0n) is 19.1. The summed E-state index contributed by atoms with van der Waals surface area (Å²) in [5.41, 5.74) is 5.84. The summed E-state index contributed by atoms with van der Waals surface area (Å²) >= 11 is 0. The third kappa shape index (κ3) is 10.8. The van der Waals surface area contributed by atoms with Gasteiger partial charge in [-0.2, -0.15) is 5.10 Å². The number of hydrazone groups is 1. The van der Waals surface area contributed by atoms with Crippen LogP contribution < -0.4 is 10.7 Å². The number of carbonyl (C=O) groups is 1. The highest BCUT2D eigenvalue weighted by molar-refractivity contribution is 6.44. The van der Waals surface area contributed by atoms with Crippen LogP contribution in [0.4, 0.5) is 0 Å². The van der Waals surface area contributed by atoms with Crippen LogP contribution in [0.5, 0.6) is 0 Å². The molecule has 7 nitrogen and oxygen atoms in total. The highest BCUT2D eigenvalue weighted by atomic mass is 16.1. The van der Waals surface area contributed by atoms with Crippen LogP contribution in [0.15, 0.2) is 105 Å². The minimum absolute atomic E-state index is 0.216. The standard InChI is InChI=1S/C25H32N6O/c1-7-10-22(16-29-30-18-26-6)14-20(5)31-25(32)24(28-9-3)13-19(4)23(8-2)17-27-15-21-11-12-21/h7-10,13-18,21H,1-3,11-12H2,4-6H3,(H,26,30)(H,31,32)/b19-13+,20-14+,22-10+,23-17+,27-15?,28-24?,29-16+. The number of rotatable bonds is 13. The highest BCUT2D eigenvalue weighted by Crippen LogP contribution is 2.26. The van der Waals surface area contributed by atoms with Crippen molar-refractivity contribution in [1.29, 1.82) is 0 Å². The van der Waals surface area contributed by atoms with Gasteiger partial charge in [-0.15, -0.1) is 0 Å². The molecule has 0 aliphatic heterocycles. The fourth-order valence-corrected chi connectivity index (χ4v) is 2.35. The lowest BCUT2D eigenvalue weighted by atomic mass is 10.1. The largest absolute Gasteiger partial charge is 0.325 e. The van der Waals surface area contributed by atoms with Crippen LogP contribution in [0.1, 0.15) is 26.7 Å². The van der Waals surface area contributed by atoms with Crippen molar-refractivity contribution in [3.63, 3.8) is 0 Å². The lowest BCUT2D eigenvalue weighted by Crippen LogP contribution is -2.28. The summed E-state index contributed by atoms with van der Waals surface area (Å²) in [4.78, 5) is 25.0. The first kappa shape index (κ1) is 26.2. The third-order valence-electron chi connectivity index (χ3n) is 4.10. The molecule has 168 valence electrons. The number of aliphatic imine (C=N–C) groups is 3. The minimum atomic E-state index is -0.367. The summed E-state index contributed by atoms with van der Waals surface area (Å²) < 4.78 is 0. The van der Waals surface area contributed by atoms with E-state index in [0.717, 1.165) is 16.7 Å². The summed E-state index contributed by atoms with van der Waals surface area (Å²) in [6.45, 7) is 14.8. The summed E-state index contributed by atoms with van der Waals surface area (Å²) in [7, 11) is 1.64. The van der Waals surface area contributed by atoms with Crippen LogP contribution in [-0.4, -0.2) is 37.4 Å². The monoisotopic (exact) mass is 432 g/mol. The van der Waals surface area contributed by atoms with Crippen LogP contribution >= 0.6 is 0 Å². The van der Waals surface area contributed by atoms with Gasteiger partial charge in [0, 0.05) is 31.4 Å². The molecule has 1 amide bonds. The van der Waals surface area contributed by atoms with E-state index in [2.05, 4.69) is 50.6 Å². The Morgan fingerprint density at radius 2 is 1.88 bits per heavy atom. The lowest BCUT2D eigenvalue weighted by molar-refractivity contribution is -0.114. The average molecular weight is 433 g/mol. The van der Waals surface area contributed by atoms with Gasteiger partial charge in [-0.05, 0) is 61.5 Å². The number of nitrogens with one attached hydrogen (secondary N) is 2. The first-order chi connectivity index (χ1) is 15.4. The molecular formula is C25H32N6O. The van der Waals surface area contributed by atoms with Crippen molar-refractivity contribution in [2.75, 3.05) is 7.05 Å². The summed E-state index contributed by atoms with van der Waals surface area (Å²) in [6, 6.07) is 0. The van der Waals surface area contributed by atoms with Gasteiger partial charge in [-0.3, -0.25) is 25.2 Å². The second kappa shape index (κ2) is 15.0. The molecule has 32 heavy (non-hydrogen) atoms. The summed E-state index contributed by atoms with van der Waals surface area (Å²) in [5.74, 6) is 0.217. The van der Waals surface area contributed by atoms with E-state index in [9.17, 15) is 4.79 Å². The van der Waals surface area contributed by atoms with Gasteiger partial charge in [0.05, 0.1) is 6.21 Å². The summed E-state index contributed by atoms with van der Waals surface area (Å²) in [5, 5.41) is 6.84.